The van der Waals surface area contributed by atoms with E-state index in [1.54, 1.807) is 31.4 Å². The molecule has 0 saturated carbocycles. The maximum Gasteiger partial charge on any atom is 0.573 e. The normalized spacial score (nSPS) is 12.9. The van der Waals surface area contributed by atoms with Gasteiger partial charge in [-0.25, -0.2) is 9.78 Å². The highest BCUT2D eigenvalue weighted by Gasteiger charge is 2.31. The first kappa shape index (κ1) is 27.5. The fraction of sp³-hybridized carbons (Fsp3) is 0.250. The van der Waals surface area contributed by atoms with Gasteiger partial charge in [-0.05, 0) is 72.0 Å². The number of para-hydroxylation sites is 1. The van der Waals surface area contributed by atoms with Gasteiger partial charge in [0.15, 0.2) is 0 Å². The van der Waals surface area contributed by atoms with E-state index in [1.807, 2.05) is 19.1 Å². The summed E-state index contributed by atoms with van der Waals surface area (Å²) in [5.74, 6) is 0.218. The molecule has 12 heteroatoms. The van der Waals surface area contributed by atoms with Gasteiger partial charge in [0.1, 0.15) is 20.8 Å². The van der Waals surface area contributed by atoms with Gasteiger partial charge in [0.25, 0.3) is 0 Å². The van der Waals surface area contributed by atoms with Crippen LogP contribution in [0, 0.1) is 0 Å². The van der Waals surface area contributed by atoms with E-state index < -0.39 is 21.8 Å². The molecule has 0 bridgehead atoms. The first-order valence-corrected chi connectivity index (χ1v) is 11.6. The van der Waals surface area contributed by atoms with Gasteiger partial charge in [-0.15, -0.1) is 13.2 Å². The largest absolute Gasteiger partial charge is 0.573 e. The minimum Gasteiger partial charge on any atom is -0.437 e. The van der Waals surface area contributed by atoms with Crippen molar-refractivity contribution in [3.8, 4) is 17.4 Å². The van der Waals surface area contributed by atoms with Gasteiger partial charge in [0.05, 0.1) is 13.2 Å². The monoisotopic (exact) mass is 617 g/mol. The fourth-order valence-electron chi connectivity index (χ4n) is 3.02. The molecule has 192 valence electrons. The van der Waals surface area contributed by atoms with E-state index in [4.69, 9.17) is 14.2 Å². The molecule has 3 rings (SSSR count). The molecule has 0 fully saturated rings. The molecule has 1 unspecified atom stereocenters. The Morgan fingerprint density at radius 1 is 1.00 bits per heavy atom. The highest BCUT2D eigenvalue weighted by Crippen LogP contribution is 2.40. The summed E-state index contributed by atoms with van der Waals surface area (Å²) in [5, 5.41) is 5.17. The Balaban J connectivity index is 1.71. The van der Waals surface area contributed by atoms with Crippen molar-refractivity contribution >= 4 is 40.0 Å². The van der Waals surface area contributed by atoms with Crippen molar-refractivity contribution in [3.05, 3.63) is 72.4 Å². The zero-order valence-electron chi connectivity index (χ0n) is 19.3. The van der Waals surface area contributed by atoms with E-state index in [0.29, 0.717) is 19.0 Å². The molecule has 1 heterocycles. The van der Waals surface area contributed by atoms with Crippen LogP contribution in [-0.2, 0) is 13.1 Å². The zero-order chi connectivity index (χ0) is 26.2. The number of hydrogen-bond acceptors (Lipinski definition) is 6. The lowest BCUT2D eigenvalue weighted by molar-refractivity contribution is -0.274. The van der Waals surface area contributed by atoms with Gasteiger partial charge in [0, 0.05) is 24.6 Å². The van der Waals surface area contributed by atoms with Crippen LogP contribution in [0.25, 0.3) is 0 Å². The number of urea groups is 1. The number of nitrogens with one attached hydrogen (secondary N) is 2. The molecule has 0 saturated heterocycles. The lowest BCUT2D eigenvalue weighted by Gasteiger charge is -2.26. The van der Waals surface area contributed by atoms with Gasteiger partial charge in [0.2, 0.25) is 5.88 Å². The van der Waals surface area contributed by atoms with Crippen LogP contribution in [0.3, 0.4) is 0 Å². The van der Waals surface area contributed by atoms with Crippen LogP contribution in [0.1, 0.15) is 12.5 Å². The Hall–Kier alpha value is -3.10. The van der Waals surface area contributed by atoms with Crippen LogP contribution in [-0.4, -0.2) is 37.7 Å². The molecular formula is C24H23F3IN3O5. The molecule has 0 radical (unpaired) electrons. The summed E-state index contributed by atoms with van der Waals surface area (Å²) in [6, 6.07) is 14.6. The zero-order valence-corrected chi connectivity index (χ0v) is 21.4. The topological polar surface area (TPSA) is 90.9 Å². The molecule has 0 aliphatic carbocycles. The molecule has 2 N–H and O–H groups in total. The van der Waals surface area contributed by atoms with Crippen molar-refractivity contribution in [1.29, 1.82) is 0 Å². The molecule has 0 aliphatic rings. The van der Waals surface area contributed by atoms with Crippen LogP contribution < -0.4 is 20.1 Å². The number of benzene rings is 2. The Morgan fingerprint density at radius 3 is 2.42 bits per heavy atom. The molecule has 2 amide bonds. The van der Waals surface area contributed by atoms with E-state index in [0.717, 1.165) is 17.7 Å². The van der Waals surface area contributed by atoms with Crippen LogP contribution in [0.15, 0.2) is 66.9 Å². The average Bonchev–Trinajstić information content (AvgIpc) is 2.81. The average molecular weight is 617 g/mol. The summed E-state index contributed by atoms with van der Waals surface area (Å²) >= 11 is 2.17. The minimum atomic E-state index is -4.80. The smallest absolute Gasteiger partial charge is 0.437 e. The predicted molar refractivity (Wildman–Crippen MR) is 136 cm³/mol. The number of anilines is 2. The SMILES string of the molecule is COCCOC(C)(I)c1ccccc1Oc1ncccc1NC(=O)Nc1ccc(OC(F)(F)F)cc1. The van der Waals surface area contributed by atoms with E-state index in [1.165, 1.54) is 18.3 Å². The number of alkyl halides is 4. The molecule has 0 spiro atoms. The van der Waals surface area contributed by atoms with Crippen molar-refractivity contribution in [2.24, 2.45) is 0 Å². The summed E-state index contributed by atoms with van der Waals surface area (Å²) < 4.78 is 57.1. The summed E-state index contributed by atoms with van der Waals surface area (Å²) in [5.41, 5.74) is 1.29. The molecule has 2 aromatic carbocycles. The van der Waals surface area contributed by atoms with Crippen molar-refractivity contribution in [2.45, 2.75) is 16.9 Å². The predicted octanol–water partition coefficient (Wildman–Crippen LogP) is 6.69. The molecule has 0 aliphatic heterocycles. The number of hydrogen-bond donors (Lipinski definition) is 2. The van der Waals surface area contributed by atoms with Crippen molar-refractivity contribution < 1.29 is 36.9 Å². The Labute approximate surface area is 219 Å². The third-order valence-electron chi connectivity index (χ3n) is 4.60. The summed E-state index contributed by atoms with van der Waals surface area (Å²) in [6.07, 6.45) is -3.29. The first-order valence-electron chi connectivity index (χ1n) is 10.6. The fourth-order valence-corrected chi connectivity index (χ4v) is 3.68. The molecule has 3 aromatic rings. The van der Waals surface area contributed by atoms with Crippen LogP contribution in [0.2, 0.25) is 0 Å². The van der Waals surface area contributed by atoms with E-state index in [2.05, 4.69) is 42.9 Å². The number of methoxy groups -OCH3 is 1. The molecule has 36 heavy (non-hydrogen) atoms. The van der Waals surface area contributed by atoms with Crippen LogP contribution in [0.4, 0.5) is 29.3 Å². The Bertz CT molecular complexity index is 1160. The third-order valence-corrected chi connectivity index (χ3v) is 5.49. The number of pyridine rings is 1. The highest BCUT2D eigenvalue weighted by atomic mass is 127. The lowest BCUT2D eigenvalue weighted by Crippen LogP contribution is -2.21. The second-order valence-electron chi connectivity index (χ2n) is 7.36. The second kappa shape index (κ2) is 12.2. The quantitative estimate of drug-likeness (QED) is 0.150. The van der Waals surface area contributed by atoms with Crippen molar-refractivity contribution in [2.75, 3.05) is 31.0 Å². The minimum absolute atomic E-state index is 0.137. The standard InChI is InChI=1S/C24H23F3IN3O5/c1-23(28,34-15-14-33-2)18-6-3-4-8-20(18)35-21-19(7-5-13-29-21)31-22(32)30-16-9-11-17(12-10-16)36-24(25,26)27/h3-13H,14-15H2,1-2H3,(H2,30,31,32). The highest BCUT2D eigenvalue weighted by molar-refractivity contribution is 14.1. The van der Waals surface area contributed by atoms with Crippen LogP contribution in [0.5, 0.6) is 17.4 Å². The number of carbonyl (C=O) groups is 1. The number of carbonyl (C=O) groups excluding carboxylic acids is 1. The van der Waals surface area contributed by atoms with E-state index in [9.17, 15) is 18.0 Å². The Morgan fingerprint density at radius 2 is 1.72 bits per heavy atom. The van der Waals surface area contributed by atoms with Gasteiger partial charge >= 0.3 is 12.4 Å². The molecule has 1 atom stereocenters. The Kier molecular flexibility index (Phi) is 9.34. The molecule has 8 nitrogen and oxygen atoms in total. The van der Waals surface area contributed by atoms with Gasteiger partial charge in [-0.2, -0.15) is 0 Å². The van der Waals surface area contributed by atoms with Gasteiger partial charge in [-0.3, -0.25) is 0 Å². The number of aromatic nitrogens is 1. The maximum atomic E-state index is 12.5. The van der Waals surface area contributed by atoms with Gasteiger partial charge < -0.3 is 29.6 Å². The lowest BCUT2D eigenvalue weighted by atomic mass is 10.1. The number of ether oxygens (including phenoxy) is 4. The van der Waals surface area contributed by atoms with Gasteiger partial charge in [-0.1, -0.05) is 18.2 Å². The number of halogens is 4. The van der Waals surface area contributed by atoms with Crippen molar-refractivity contribution in [3.63, 3.8) is 0 Å². The molecule has 1 aromatic heterocycles. The van der Waals surface area contributed by atoms with Crippen molar-refractivity contribution in [1.82, 2.24) is 4.98 Å². The summed E-state index contributed by atoms with van der Waals surface area (Å²) in [4.78, 5) is 16.8. The number of rotatable bonds is 10. The first-order chi connectivity index (χ1) is 17.1. The number of amides is 2. The maximum absolute atomic E-state index is 12.5. The molecular weight excluding hydrogens is 594 g/mol. The summed E-state index contributed by atoms with van der Waals surface area (Å²) in [6.45, 7) is 2.70. The third kappa shape index (κ3) is 8.24. The summed E-state index contributed by atoms with van der Waals surface area (Å²) in [7, 11) is 1.59. The number of nitrogens with zero attached hydrogens (tertiary/aromatic N) is 1. The van der Waals surface area contributed by atoms with Crippen LogP contribution >= 0.6 is 22.6 Å². The van der Waals surface area contributed by atoms with E-state index in [-0.39, 0.29) is 17.3 Å². The second-order valence-corrected chi connectivity index (χ2v) is 9.42. The van der Waals surface area contributed by atoms with E-state index >= 15 is 0 Å².